The molecule has 0 saturated carbocycles. The lowest BCUT2D eigenvalue weighted by atomic mass is 10.2. The molecule has 0 aliphatic rings. The Hall–Kier alpha value is -1.43. The number of rotatable bonds is 3. The van der Waals surface area contributed by atoms with Gasteiger partial charge in [-0.2, -0.15) is 0 Å². The van der Waals surface area contributed by atoms with Crippen LogP contribution in [-0.4, -0.2) is 28.5 Å². The van der Waals surface area contributed by atoms with Gasteiger partial charge in [-0.05, 0) is 27.7 Å². The van der Waals surface area contributed by atoms with Crippen LogP contribution in [0.25, 0.3) is 0 Å². The van der Waals surface area contributed by atoms with E-state index in [2.05, 4.69) is 10.3 Å². The minimum atomic E-state index is -0.620. The maximum Gasteiger partial charge on any atom is 0.408 e. The zero-order chi connectivity index (χ0) is 13.1. The van der Waals surface area contributed by atoms with Crippen LogP contribution in [0.1, 0.15) is 37.4 Å². The van der Waals surface area contributed by atoms with Gasteiger partial charge in [-0.15, -0.1) is 11.3 Å². The third kappa shape index (κ3) is 4.52. The molecule has 0 unspecified atom stereocenters. The minimum Gasteiger partial charge on any atom is -0.444 e. The second-order valence-electron chi connectivity index (χ2n) is 4.60. The Bertz CT molecular complexity index is 395. The van der Waals surface area contributed by atoms with Crippen LogP contribution in [0.4, 0.5) is 4.79 Å². The first kappa shape index (κ1) is 13.6. The summed E-state index contributed by atoms with van der Waals surface area (Å²) < 4.78 is 5.06. The summed E-state index contributed by atoms with van der Waals surface area (Å²) in [6, 6.07) is -0.620. The molecule has 1 aromatic rings. The highest BCUT2D eigenvalue weighted by atomic mass is 32.1. The molecule has 0 aromatic carbocycles. The smallest absolute Gasteiger partial charge is 0.408 e. The zero-order valence-electron chi connectivity index (χ0n) is 10.3. The fourth-order valence-corrected chi connectivity index (χ4v) is 1.75. The molecule has 0 bridgehead atoms. The van der Waals surface area contributed by atoms with Crippen molar-refractivity contribution in [2.75, 3.05) is 0 Å². The molecule has 1 rings (SSSR count). The number of ether oxygens (including phenoxy) is 1. The van der Waals surface area contributed by atoms with Crippen LogP contribution >= 0.6 is 11.3 Å². The summed E-state index contributed by atoms with van der Waals surface area (Å²) >= 11 is 1.25. The van der Waals surface area contributed by atoms with E-state index in [0.29, 0.717) is 4.88 Å². The van der Waals surface area contributed by atoms with E-state index in [1.54, 1.807) is 33.2 Å². The summed E-state index contributed by atoms with van der Waals surface area (Å²) in [5, 5.41) is 2.49. The van der Waals surface area contributed by atoms with Crippen molar-refractivity contribution < 1.29 is 14.3 Å². The Morgan fingerprint density at radius 1 is 1.47 bits per heavy atom. The van der Waals surface area contributed by atoms with Gasteiger partial charge in [0.25, 0.3) is 0 Å². The first-order valence-corrected chi connectivity index (χ1v) is 6.10. The Balaban J connectivity index is 2.52. The van der Waals surface area contributed by atoms with E-state index >= 15 is 0 Å². The number of aromatic nitrogens is 1. The Labute approximate surface area is 104 Å². The van der Waals surface area contributed by atoms with Crippen molar-refractivity contribution in [1.82, 2.24) is 10.3 Å². The van der Waals surface area contributed by atoms with Gasteiger partial charge in [-0.25, -0.2) is 4.79 Å². The number of carbonyl (C=O) groups is 2. The number of ketones is 1. The first-order valence-electron chi connectivity index (χ1n) is 5.22. The number of amides is 1. The number of thiazole rings is 1. The molecule has 1 amide bonds. The normalized spacial score (nSPS) is 12.9. The van der Waals surface area contributed by atoms with Crippen molar-refractivity contribution in [3.63, 3.8) is 0 Å². The lowest BCUT2D eigenvalue weighted by Crippen LogP contribution is -2.41. The monoisotopic (exact) mass is 256 g/mol. The molecule has 6 heteroatoms. The number of alkyl carbamates (subject to hydrolysis) is 1. The van der Waals surface area contributed by atoms with Gasteiger partial charge in [-0.1, -0.05) is 0 Å². The quantitative estimate of drug-likeness (QED) is 0.842. The topological polar surface area (TPSA) is 68.3 Å². The van der Waals surface area contributed by atoms with Gasteiger partial charge in [0.15, 0.2) is 5.78 Å². The standard InChI is InChI=1S/C11H16N2O3S/c1-7(9(14)8-5-12-6-17-8)13-10(15)16-11(2,3)4/h5-7H,1-4H3,(H,13,15)/t7-/m0/s1. The predicted octanol–water partition coefficient (Wildman–Crippen LogP) is 2.24. The van der Waals surface area contributed by atoms with Crippen molar-refractivity contribution in [2.45, 2.75) is 39.3 Å². The van der Waals surface area contributed by atoms with Crippen LogP contribution in [0, 0.1) is 0 Å². The highest BCUT2D eigenvalue weighted by Gasteiger charge is 2.22. The van der Waals surface area contributed by atoms with Gasteiger partial charge in [0.2, 0.25) is 0 Å². The van der Waals surface area contributed by atoms with Crippen molar-refractivity contribution >= 4 is 23.2 Å². The molecule has 94 valence electrons. The molecule has 0 radical (unpaired) electrons. The van der Waals surface area contributed by atoms with Crippen molar-refractivity contribution in [3.05, 3.63) is 16.6 Å². The van der Waals surface area contributed by atoms with E-state index in [-0.39, 0.29) is 5.78 Å². The highest BCUT2D eigenvalue weighted by molar-refractivity contribution is 7.11. The molecule has 1 atom stereocenters. The maximum absolute atomic E-state index is 11.8. The largest absolute Gasteiger partial charge is 0.444 e. The number of hydrogen-bond acceptors (Lipinski definition) is 5. The minimum absolute atomic E-state index is 0.168. The molecule has 0 aliphatic carbocycles. The number of nitrogens with zero attached hydrogens (tertiary/aromatic N) is 1. The molecule has 0 spiro atoms. The van der Waals surface area contributed by atoms with Crippen LogP contribution in [0.3, 0.4) is 0 Å². The van der Waals surface area contributed by atoms with Crippen LogP contribution in [0.2, 0.25) is 0 Å². The number of nitrogens with one attached hydrogen (secondary N) is 1. The molecule has 1 N–H and O–H groups in total. The lowest BCUT2D eigenvalue weighted by Gasteiger charge is -2.21. The number of carbonyl (C=O) groups excluding carboxylic acids is 2. The van der Waals surface area contributed by atoms with Crippen molar-refractivity contribution in [1.29, 1.82) is 0 Å². The van der Waals surface area contributed by atoms with Gasteiger partial charge < -0.3 is 10.1 Å². The van der Waals surface area contributed by atoms with E-state index in [1.165, 1.54) is 17.5 Å². The summed E-state index contributed by atoms with van der Waals surface area (Å²) in [4.78, 5) is 27.6. The fourth-order valence-electron chi connectivity index (χ4n) is 1.10. The average Bonchev–Trinajstić information content (AvgIpc) is 2.65. The summed E-state index contributed by atoms with van der Waals surface area (Å²) in [5.41, 5.74) is 1.00. The second kappa shape index (κ2) is 5.27. The molecule has 1 aromatic heterocycles. The lowest BCUT2D eigenvalue weighted by molar-refractivity contribution is 0.0497. The highest BCUT2D eigenvalue weighted by Crippen LogP contribution is 2.10. The van der Waals surface area contributed by atoms with E-state index in [4.69, 9.17) is 4.74 Å². The second-order valence-corrected chi connectivity index (χ2v) is 5.48. The molecular formula is C11H16N2O3S. The average molecular weight is 256 g/mol. The third-order valence-electron chi connectivity index (χ3n) is 1.80. The molecule has 0 fully saturated rings. The van der Waals surface area contributed by atoms with Crippen LogP contribution in [0.5, 0.6) is 0 Å². The van der Waals surface area contributed by atoms with Crippen LogP contribution in [0.15, 0.2) is 11.7 Å². The van der Waals surface area contributed by atoms with Gasteiger partial charge in [0.1, 0.15) is 5.60 Å². The summed E-state index contributed by atoms with van der Waals surface area (Å²) in [7, 11) is 0. The molecule has 1 heterocycles. The molecule has 17 heavy (non-hydrogen) atoms. The number of hydrogen-bond donors (Lipinski definition) is 1. The zero-order valence-corrected chi connectivity index (χ0v) is 11.1. The van der Waals surface area contributed by atoms with Gasteiger partial charge in [0.05, 0.1) is 16.4 Å². The number of Topliss-reactive ketones (excluding diaryl/α,β-unsaturated/α-hetero) is 1. The van der Waals surface area contributed by atoms with Crippen molar-refractivity contribution in [2.24, 2.45) is 0 Å². The van der Waals surface area contributed by atoms with Gasteiger partial charge in [-0.3, -0.25) is 9.78 Å². The maximum atomic E-state index is 11.8. The SMILES string of the molecule is C[C@H](NC(=O)OC(C)(C)C)C(=O)c1cncs1. The van der Waals surface area contributed by atoms with E-state index < -0.39 is 17.7 Å². The van der Waals surface area contributed by atoms with Crippen molar-refractivity contribution in [3.8, 4) is 0 Å². The van der Waals surface area contributed by atoms with Crippen LogP contribution < -0.4 is 5.32 Å². The van der Waals surface area contributed by atoms with Gasteiger partial charge in [0, 0.05) is 6.20 Å². The molecular weight excluding hydrogens is 240 g/mol. The summed E-state index contributed by atoms with van der Waals surface area (Å²) in [6.45, 7) is 6.92. The Kier molecular flexibility index (Phi) is 4.22. The van der Waals surface area contributed by atoms with Crippen LogP contribution in [-0.2, 0) is 4.74 Å². The van der Waals surface area contributed by atoms with E-state index in [1.807, 2.05) is 0 Å². The molecule has 5 nitrogen and oxygen atoms in total. The Morgan fingerprint density at radius 2 is 2.12 bits per heavy atom. The first-order chi connectivity index (χ1) is 7.79. The van der Waals surface area contributed by atoms with Gasteiger partial charge >= 0.3 is 6.09 Å². The third-order valence-corrected chi connectivity index (χ3v) is 2.59. The summed E-state index contributed by atoms with van der Waals surface area (Å²) in [6.07, 6.45) is 0.892. The summed E-state index contributed by atoms with van der Waals surface area (Å²) in [5.74, 6) is -0.168. The predicted molar refractivity (Wildman–Crippen MR) is 65.3 cm³/mol. The Morgan fingerprint density at radius 3 is 2.59 bits per heavy atom. The molecule has 0 aliphatic heterocycles. The fraction of sp³-hybridized carbons (Fsp3) is 0.545. The van der Waals surface area contributed by atoms with E-state index in [9.17, 15) is 9.59 Å². The molecule has 0 saturated heterocycles. The van der Waals surface area contributed by atoms with E-state index in [0.717, 1.165) is 0 Å².